The first-order chi connectivity index (χ1) is 18.5. The Morgan fingerprint density at radius 3 is 2.54 bits per heavy atom. The van der Waals surface area contributed by atoms with E-state index in [1.165, 1.54) is 35.6 Å². The molecular formula is C26H30FN3O7S2. The molecule has 2 aromatic heterocycles. The molecule has 1 amide bonds. The topological polar surface area (TPSA) is 136 Å². The van der Waals surface area contributed by atoms with Gasteiger partial charge >= 0.3 is 6.09 Å². The van der Waals surface area contributed by atoms with E-state index in [1.54, 1.807) is 6.07 Å². The normalized spacial score (nSPS) is 18.8. The highest BCUT2D eigenvalue weighted by molar-refractivity contribution is 7.92. The number of nitrogens with zero attached hydrogens (tertiary/aromatic N) is 2. The molecule has 1 saturated carbocycles. The van der Waals surface area contributed by atoms with Crippen molar-refractivity contribution < 1.29 is 35.2 Å². The van der Waals surface area contributed by atoms with E-state index in [1.807, 2.05) is 0 Å². The monoisotopic (exact) mass is 579 g/mol. The van der Waals surface area contributed by atoms with Gasteiger partial charge in [0.1, 0.15) is 11.6 Å². The van der Waals surface area contributed by atoms with Crippen LogP contribution in [0.2, 0.25) is 0 Å². The first-order valence-electron chi connectivity index (χ1n) is 12.8. The molecule has 1 atom stereocenters. The van der Waals surface area contributed by atoms with Crippen molar-refractivity contribution in [3.8, 4) is 17.1 Å². The van der Waals surface area contributed by atoms with Crippen LogP contribution in [0.4, 0.5) is 15.0 Å². The van der Waals surface area contributed by atoms with Gasteiger partial charge in [-0.05, 0) is 80.3 Å². The minimum absolute atomic E-state index is 0.0552. The van der Waals surface area contributed by atoms with E-state index in [0.717, 1.165) is 19.1 Å². The summed E-state index contributed by atoms with van der Waals surface area (Å²) in [5.74, 6) is 0.245. The maximum absolute atomic E-state index is 13.6. The third kappa shape index (κ3) is 5.74. The van der Waals surface area contributed by atoms with Crippen LogP contribution in [0.3, 0.4) is 0 Å². The molecule has 3 heterocycles. The summed E-state index contributed by atoms with van der Waals surface area (Å²) in [7, 11) is -5.51. The fraction of sp³-hybridized carbons (Fsp3) is 0.462. The smallest absolute Gasteiger partial charge is 0.412 e. The number of hydrogen-bond donors (Lipinski definition) is 1. The minimum Gasteiger partial charge on any atom is -0.434 e. The average Bonchev–Trinajstić information content (AvgIpc) is 3.59. The summed E-state index contributed by atoms with van der Waals surface area (Å²) < 4.78 is 76.7. The van der Waals surface area contributed by atoms with Gasteiger partial charge in [0.15, 0.2) is 21.3 Å². The molecule has 2 aliphatic rings. The van der Waals surface area contributed by atoms with Gasteiger partial charge in [-0.1, -0.05) is 0 Å². The number of benzene rings is 1. The van der Waals surface area contributed by atoms with Crippen LogP contribution >= 0.6 is 0 Å². The third-order valence-corrected chi connectivity index (χ3v) is 10.7. The molecule has 13 heteroatoms. The summed E-state index contributed by atoms with van der Waals surface area (Å²) >= 11 is 0. The molecule has 3 aromatic rings. The number of hydrogen-bond acceptors (Lipinski definition) is 8. The molecule has 1 unspecified atom stereocenters. The van der Waals surface area contributed by atoms with Gasteiger partial charge < -0.3 is 14.5 Å². The van der Waals surface area contributed by atoms with Crippen molar-refractivity contribution in [2.75, 3.05) is 29.9 Å². The van der Waals surface area contributed by atoms with Crippen molar-refractivity contribution in [2.45, 2.75) is 49.7 Å². The minimum atomic E-state index is -3.78. The second-order valence-corrected chi connectivity index (χ2v) is 14.4. The first-order valence-corrected chi connectivity index (χ1v) is 16.4. The molecule has 1 aromatic carbocycles. The van der Waals surface area contributed by atoms with Gasteiger partial charge in [-0.25, -0.2) is 26.0 Å². The van der Waals surface area contributed by atoms with Crippen molar-refractivity contribution in [1.29, 1.82) is 0 Å². The Morgan fingerprint density at radius 2 is 1.95 bits per heavy atom. The molecule has 1 N–H and O–H groups in total. The number of sulfone groups is 1. The standard InChI is InChI=1S/C26H30FN3O7S2/c1-28-26(31)37-23-21-15-20(16-7-8-16)24(29-25(21)36-22(23)17-9-11-18(27)12-10-17)30(38(2,32)33)13-3-5-19-6-4-14-39(19,34)35/h9-12,15-16,19H,3-8,13-14H2,1-2H3,(H,28,31). The lowest BCUT2D eigenvalue weighted by molar-refractivity contribution is 0.203. The van der Waals surface area contributed by atoms with Crippen LogP contribution in [0.25, 0.3) is 22.4 Å². The zero-order valence-electron chi connectivity index (χ0n) is 21.6. The molecule has 0 spiro atoms. The zero-order chi connectivity index (χ0) is 27.9. The van der Waals surface area contributed by atoms with Gasteiger partial charge in [0.05, 0.1) is 22.6 Å². The number of anilines is 1. The van der Waals surface area contributed by atoms with E-state index in [4.69, 9.17) is 9.15 Å². The highest BCUT2D eigenvalue weighted by atomic mass is 32.2. The number of carbonyl (C=O) groups excluding carboxylic acids is 1. The van der Waals surface area contributed by atoms with Crippen molar-refractivity contribution in [3.63, 3.8) is 0 Å². The highest BCUT2D eigenvalue weighted by Crippen LogP contribution is 2.48. The molecule has 5 rings (SSSR count). The number of furan rings is 1. The molecule has 0 bridgehead atoms. The van der Waals surface area contributed by atoms with Gasteiger partial charge in [0.2, 0.25) is 15.7 Å². The van der Waals surface area contributed by atoms with Crippen molar-refractivity contribution in [2.24, 2.45) is 0 Å². The van der Waals surface area contributed by atoms with E-state index < -0.39 is 37.0 Å². The van der Waals surface area contributed by atoms with Gasteiger partial charge in [0, 0.05) is 19.2 Å². The first kappa shape index (κ1) is 27.4. The Morgan fingerprint density at radius 1 is 1.23 bits per heavy atom. The number of nitrogens with one attached hydrogen (secondary N) is 1. The van der Waals surface area contributed by atoms with Crippen LogP contribution in [0.5, 0.6) is 5.75 Å². The fourth-order valence-electron chi connectivity index (χ4n) is 5.01. The predicted molar refractivity (Wildman–Crippen MR) is 145 cm³/mol. The van der Waals surface area contributed by atoms with Crippen LogP contribution in [0.1, 0.15) is 50.0 Å². The zero-order valence-corrected chi connectivity index (χ0v) is 23.3. The maximum Gasteiger partial charge on any atom is 0.412 e. The fourth-order valence-corrected chi connectivity index (χ4v) is 7.89. The highest BCUT2D eigenvalue weighted by Gasteiger charge is 2.35. The molecule has 2 fully saturated rings. The number of amides is 1. The van der Waals surface area contributed by atoms with E-state index in [0.29, 0.717) is 42.2 Å². The Hall–Kier alpha value is -3.19. The lowest BCUT2D eigenvalue weighted by Crippen LogP contribution is -2.33. The number of sulfonamides is 1. The SMILES string of the molecule is CNC(=O)Oc1c(-c2ccc(F)cc2)oc2nc(N(CCCC3CCCS3(=O)=O)S(C)(=O)=O)c(C3CC3)cc12. The Balaban J connectivity index is 1.58. The maximum atomic E-state index is 13.6. The van der Waals surface area contributed by atoms with Crippen LogP contribution in [0.15, 0.2) is 34.7 Å². The lowest BCUT2D eigenvalue weighted by atomic mass is 10.1. The molecule has 210 valence electrons. The van der Waals surface area contributed by atoms with E-state index in [2.05, 4.69) is 10.3 Å². The Labute approximate surface area is 226 Å². The van der Waals surface area contributed by atoms with Crippen LogP contribution < -0.4 is 14.4 Å². The molecule has 0 radical (unpaired) electrons. The third-order valence-electron chi connectivity index (χ3n) is 7.15. The quantitative estimate of drug-likeness (QED) is 0.395. The number of carbonyl (C=O) groups is 1. The van der Waals surface area contributed by atoms with E-state index in [9.17, 15) is 26.0 Å². The molecule has 39 heavy (non-hydrogen) atoms. The number of fused-ring (bicyclic) bond motifs is 1. The van der Waals surface area contributed by atoms with Gasteiger partial charge in [-0.3, -0.25) is 4.31 Å². The van der Waals surface area contributed by atoms with Gasteiger partial charge in [-0.15, -0.1) is 0 Å². The van der Waals surface area contributed by atoms with Gasteiger partial charge in [0.25, 0.3) is 0 Å². The van der Waals surface area contributed by atoms with Crippen LogP contribution in [-0.4, -0.2) is 58.8 Å². The van der Waals surface area contributed by atoms with Crippen LogP contribution in [0, 0.1) is 5.82 Å². The Kier molecular flexibility index (Phi) is 7.31. The summed E-state index contributed by atoms with van der Waals surface area (Å²) in [4.78, 5) is 16.8. The number of pyridine rings is 1. The van der Waals surface area contributed by atoms with E-state index >= 15 is 0 Å². The number of ether oxygens (including phenoxy) is 1. The van der Waals surface area contributed by atoms with Crippen molar-refractivity contribution in [1.82, 2.24) is 10.3 Å². The predicted octanol–water partition coefficient (Wildman–Crippen LogP) is 4.35. The number of rotatable bonds is 9. The second-order valence-electron chi connectivity index (χ2n) is 10.0. The number of aromatic nitrogens is 1. The summed E-state index contributed by atoms with van der Waals surface area (Å²) in [6.07, 6.45) is 3.97. The Bertz CT molecular complexity index is 1620. The molecule has 1 aliphatic carbocycles. The summed E-state index contributed by atoms with van der Waals surface area (Å²) in [6.45, 7) is 0.0657. The molecule has 1 aliphatic heterocycles. The molecule has 10 nitrogen and oxygen atoms in total. The van der Waals surface area contributed by atoms with Gasteiger partial charge in [-0.2, -0.15) is 4.98 Å². The van der Waals surface area contributed by atoms with E-state index in [-0.39, 0.29) is 41.3 Å². The van der Waals surface area contributed by atoms with Crippen LogP contribution in [-0.2, 0) is 19.9 Å². The largest absolute Gasteiger partial charge is 0.434 e. The second kappa shape index (κ2) is 10.4. The van der Waals surface area contributed by atoms with Crippen molar-refractivity contribution in [3.05, 3.63) is 41.7 Å². The molecule has 1 saturated heterocycles. The summed E-state index contributed by atoms with van der Waals surface area (Å²) in [5, 5.41) is 2.32. The average molecular weight is 580 g/mol. The molecular weight excluding hydrogens is 549 g/mol. The number of halogens is 1. The summed E-state index contributed by atoms with van der Waals surface area (Å²) in [5.41, 5.74) is 1.18. The lowest BCUT2D eigenvalue weighted by Gasteiger charge is -2.24. The van der Waals surface area contributed by atoms with Crippen molar-refractivity contribution >= 4 is 42.9 Å². The summed E-state index contributed by atoms with van der Waals surface area (Å²) in [6, 6.07) is 7.19.